The second-order valence-electron chi connectivity index (χ2n) is 4.43. The number of carbonyl (C=O) groups excluding carboxylic acids is 1. The van der Waals surface area contributed by atoms with E-state index in [2.05, 4.69) is 10.6 Å². The van der Waals surface area contributed by atoms with Gasteiger partial charge in [-0.2, -0.15) is 0 Å². The summed E-state index contributed by atoms with van der Waals surface area (Å²) >= 11 is 0. The van der Waals surface area contributed by atoms with Crippen LogP contribution in [0.15, 0.2) is 0 Å². The van der Waals surface area contributed by atoms with Crippen LogP contribution in [0.25, 0.3) is 0 Å². The average Bonchev–Trinajstić information content (AvgIpc) is 2.73. The zero-order valence-electron chi connectivity index (χ0n) is 8.34. The fourth-order valence-corrected chi connectivity index (χ4v) is 2.50. The van der Waals surface area contributed by atoms with E-state index in [-0.39, 0.29) is 11.9 Å². The van der Waals surface area contributed by atoms with Crippen molar-refractivity contribution in [2.75, 3.05) is 7.05 Å². The lowest BCUT2D eigenvalue weighted by molar-refractivity contribution is -0.122. The number of likely N-dealkylation sites (N-methyl/N-ethyl adjacent to an activating group) is 1. The van der Waals surface area contributed by atoms with Crippen LogP contribution in [-0.4, -0.2) is 25.0 Å². The van der Waals surface area contributed by atoms with Crippen LogP contribution in [0.1, 0.15) is 26.2 Å². The summed E-state index contributed by atoms with van der Waals surface area (Å²) in [4.78, 5) is 11.2. The average molecular weight is 182 g/mol. The number of hydrogen-bond acceptors (Lipinski definition) is 2. The van der Waals surface area contributed by atoms with Crippen molar-refractivity contribution >= 4 is 5.91 Å². The molecule has 2 saturated carbocycles. The van der Waals surface area contributed by atoms with E-state index in [1.807, 2.05) is 6.92 Å². The second-order valence-corrected chi connectivity index (χ2v) is 4.43. The molecule has 13 heavy (non-hydrogen) atoms. The van der Waals surface area contributed by atoms with Gasteiger partial charge in [0.05, 0.1) is 6.04 Å². The van der Waals surface area contributed by atoms with Crippen molar-refractivity contribution in [2.24, 2.45) is 11.8 Å². The molecule has 2 aliphatic carbocycles. The molecule has 0 bridgehead atoms. The smallest absolute Gasteiger partial charge is 0.236 e. The molecule has 3 atom stereocenters. The normalized spacial score (nSPS) is 38.2. The third-order valence-corrected chi connectivity index (χ3v) is 3.37. The standard InChI is InChI=1S/C10H18N2O/c1-6(10(13)11-2)12-9-4-7-3-8(7)5-9/h6-9,12H,3-5H2,1-2H3,(H,11,13). The van der Waals surface area contributed by atoms with Crippen LogP contribution in [0.4, 0.5) is 0 Å². The van der Waals surface area contributed by atoms with E-state index >= 15 is 0 Å². The van der Waals surface area contributed by atoms with Gasteiger partial charge in [-0.15, -0.1) is 0 Å². The van der Waals surface area contributed by atoms with Gasteiger partial charge in [-0.05, 0) is 38.0 Å². The minimum Gasteiger partial charge on any atom is -0.358 e. The van der Waals surface area contributed by atoms with Crippen molar-refractivity contribution in [2.45, 2.75) is 38.3 Å². The Bertz CT molecular complexity index is 207. The maximum atomic E-state index is 11.2. The summed E-state index contributed by atoms with van der Waals surface area (Å²) < 4.78 is 0. The first-order valence-electron chi connectivity index (χ1n) is 5.18. The SMILES string of the molecule is CNC(=O)C(C)NC1CC2CC2C1. The lowest BCUT2D eigenvalue weighted by atomic mass is 10.1. The van der Waals surface area contributed by atoms with Crippen molar-refractivity contribution in [3.8, 4) is 0 Å². The molecule has 0 aromatic rings. The molecular weight excluding hydrogens is 164 g/mol. The quantitative estimate of drug-likeness (QED) is 0.667. The van der Waals surface area contributed by atoms with Gasteiger partial charge in [-0.25, -0.2) is 0 Å². The maximum Gasteiger partial charge on any atom is 0.236 e. The highest BCUT2D eigenvalue weighted by molar-refractivity contribution is 5.80. The summed E-state index contributed by atoms with van der Waals surface area (Å²) in [5.74, 6) is 2.06. The van der Waals surface area contributed by atoms with Gasteiger partial charge in [-0.3, -0.25) is 4.79 Å². The number of carbonyl (C=O) groups is 1. The molecule has 0 heterocycles. The van der Waals surface area contributed by atoms with Crippen LogP contribution in [0.2, 0.25) is 0 Å². The van der Waals surface area contributed by atoms with Crippen molar-refractivity contribution < 1.29 is 4.79 Å². The Morgan fingerprint density at radius 2 is 1.92 bits per heavy atom. The predicted octanol–water partition coefficient (Wildman–Crippen LogP) is 0.509. The Morgan fingerprint density at radius 1 is 1.31 bits per heavy atom. The molecule has 3 nitrogen and oxygen atoms in total. The van der Waals surface area contributed by atoms with Gasteiger partial charge in [0.25, 0.3) is 0 Å². The highest BCUT2D eigenvalue weighted by Gasteiger charge is 2.46. The van der Waals surface area contributed by atoms with Crippen molar-refractivity contribution in [3.05, 3.63) is 0 Å². The molecular formula is C10H18N2O. The van der Waals surface area contributed by atoms with E-state index in [0.717, 1.165) is 11.8 Å². The Labute approximate surface area is 79.3 Å². The summed E-state index contributed by atoms with van der Waals surface area (Å²) in [5, 5.41) is 6.04. The number of fused-ring (bicyclic) bond motifs is 1. The van der Waals surface area contributed by atoms with Crippen LogP contribution in [-0.2, 0) is 4.79 Å². The third kappa shape index (κ3) is 1.85. The molecule has 2 aliphatic rings. The zero-order chi connectivity index (χ0) is 9.42. The Balaban J connectivity index is 1.74. The molecule has 3 heteroatoms. The molecule has 74 valence electrons. The van der Waals surface area contributed by atoms with Gasteiger partial charge in [0.1, 0.15) is 0 Å². The van der Waals surface area contributed by atoms with Gasteiger partial charge in [0.2, 0.25) is 5.91 Å². The minimum absolute atomic E-state index is 0.0347. The van der Waals surface area contributed by atoms with E-state index in [9.17, 15) is 4.79 Å². The molecule has 0 saturated heterocycles. The van der Waals surface area contributed by atoms with E-state index < -0.39 is 0 Å². The van der Waals surface area contributed by atoms with Crippen LogP contribution in [0.5, 0.6) is 0 Å². The van der Waals surface area contributed by atoms with Gasteiger partial charge >= 0.3 is 0 Å². The van der Waals surface area contributed by atoms with Crippen molar-refractivity contribution in [1.29, 1.82) is 0 Å². The molecule has 0 aliphatic heterocycles. The van der Waals surface area contributed by atoms with Crippen LogP contribution in [0.3, 0.4) is 0 Å². The molecule has 0 radical (unpaired) electrons. The summed E-state index contributed by atoms with van der Waals surface area (Å²) in [6.07, 6.45) is 4.00. The molecule has 2 rings (SSSR count). The Kier molecular flexibility index (Phi) is 2.28. The fraction of sp³-hybridized carbons (Fsp3) is 0.900. The molecule has 0 spiro atoms. The number of nitrogens with one attached hydrogen (secondary N) is 2. The first-order chi connectivity index (χ1) is 6.20. The van der Waals surface area contributed by atoms with Crippen LogP contribution in [0, 0.1) is 11.8 Å². The minimum atomic E-state index is -0.0347. The van der Waals surface area contributed by atoms with Crippen molar-refractivity contribution in [3.63, 3.8) is 0 Å². The van der Waals surface area contributed by atoms with Gasteiger partial charge in [0, 0.05) is 13.1 Å². The van der Waals surface area contributed by atoms with Gasteiger partial charge in [0.15, 0.2) is 0 Å². The summed E-state index contributed by atoms with van der Waals surface area (Å²) in [6, 6.07) is 0.559. The second kappa shape index (κ2) is 3.29. The van der Waals surface area contributed by atoms with Crippen LogP contribution >= 0.6 is 0 Å². The number of rotatable bonds is 3. The molecule has 0 aromatic heterocycles. The first-order valence-corrected chi connectivity index (χ1v) is 5.18. The summed E-state index contributed by atoms with van der Waals surface area (Å²) in [7, 11) is 1.69. The lowest BCUT2D eigenvalue weighted by Crippen LogP contribution is -2.45. The van der Waals surface area contributed by atoms with E-state index in [4.69, 9.17) is 0 Å². The molecule has 1 amide bonds. The summed E-state index contributed by atoms with van der Waals surface area (Å²) in [6.45, 7) is 1.93. The summed E-state index contributed by atoms with van der Waals surface area (Å²) in [5.41, 5.74) is 0. The fourth-order valence-electron chi connectivity index (χ4n) is 2.50. The van der Waals surface area contributed by atoms with Crippen LogP contribution < -0.4 is 10.6 Å². The topological polar surface area (TPSA) is 41.1 Å². The highest BCUT2D eigenvalue weighted by Crippen LogP contribution is 2.51. The van der Waals surface area contributed by atoms with E-state index in [1.165, 1.54) is 19.3 Å². The van der Waals surface area contributed by atoms with Gasteiger partial charge in [-0.1, -0.05) is 0 Å². The molecule has 0 aromatic carbocycles. The number of amides is 1. The lowest BCUT2D eigenvalue weighted by Gasteiger charge is -2.19. The third-order valence-electron chi connectivity index (χ3n) is 3.37. The van der Waals surface area contributed by atoms with Crippen molar-refractivity contribution in [1.82, 2.24) is 10.6 Å². The Hall–Kier alpha value is -0.570. The van der Waals surface area contributed by atoms with Gasteiger partial charge < -0.3 is 10.6 Å². The van der Waals surface area contributed by atoms with E-state index in [0.29, 0.717) is 6.04 Å². The van der Waals surface area contributed by atoms with E-state index in [1.54, 1.807) is 7.05 Å². The predicted molar refractivity (Wildman–Crippen MR) is 51.3 cm³/mol. The molecule has 3 unspecified atom stereocenters. The Morgan fingerprint density at radius 3 is 2.46 bits per heavy atom. The monoisotopic (exact) mass is 182 g/mol. The highest BCUT2D eigenvalue weighted by atomic mass is 16.2. The molecule has 2 N–H and O–H groups in total. The maximum absolute atomic E-state index is 11.2. The number of hydrogen-bond donors (Lipinski definition) is 2. The molecule has 2 fully saturated rings. The first kappa shape index (κ1) is 9.00. The largest absolute Gasteiger partial charge is 0.358 e. The zero-order valence-corrected chi connectivity index (χ0v) is 8.34.